The normalized spacial score (nSPS) is 24.5. The van der Waals surface area contributed by atoms with Gasteiger partial charge in [0.15, 0.2) is 0 Å². The first-order valence-electron chi connectivity index (χ1n) is 10.5. The molecule has 1 heterocycles. The molecule has 1 aliphatic heterocycles. The quantitative estimate of drug-likeness (QED) is 0.714. The number of nitrogens with one attached hydrogen (secondary N) is 1. The van der Waals surface area contributed by atoms with Gasteiger partial charge in [-0.05, 0) is 51.0 Å². The van der Waals surface area contributed by atoms with Gasteiger partial charge < -0.3 is 5.32 Å². The lowest BCUT2D eigenvalue weighted by atomic mass is 9.93. The van der Waals surface area contributed by atoms with Gasteiger partial charge in [0.1, 0.15) is 11.4 Å². The van der Waals surface area contributed by atoms with Crippen LogP contribution in [0.1, 0.15) is 52.4 Å². The van der Waals surface area contributed by atoms with Crippen molar-refractivity contribution in [3.8, 4) is 0 Å². The topological polar surface area (TPSA) is 86.8 Å². The second-order valence-electron chi connectivity index (χ2n) is 8.31. The highest BCUT2D eigenvalue weighted by Crippen LogP contribution is 2.31. The Morgan fingerprint density at radius 2 is 1.77 bits per heavy atom. The summed E-state index contributed by atoms with van der Waals surface area (Å²) in [4.78, 5) is 27.8. The van der Waals surface area contributed by atoms with Gasteiger partial charge in [-0.25, -0.2) is 12.8 Å². The van der Waals surface area contributed by atoms with E-state index in [9.17, 15) is 22.4 Å². The molecule has 3 rings (SSSR count). The molecule has 1 aromatic rings. The molecule has 7 nitrogen and oxygen atoms in total. The lowest BCUT2D eigenvalue weighted by molar-refractivity contribution is -0.133. The minimum atomic E-state index is -3.66. The number of benzene rings is 1. The summed E-state index contributed by atoms with van der Waals surface area (Å²) in [6.07, 6.45) is 6.04. The summed E-state index contributed by atoms with van der Waals surface area (Å²) in [6.45, 7) is 2.59. The van der Waals surface area contributed by atoms with Gasteiger partial charge in [-0.15, -0.1) is 0 Å². The van der Waals surface area contributed by atoms with Gasteiger partial charge in [0.05, 0.1) is 12.3 Å². The third-order valence-corrected chi connectivity index (χ3v) is 7.84. The molecule has 0 aromatic heterocycles. The average Bonchev–Trinajstić information content (AvgIpc) is 2.97. The Kier molecular flexibility index (Phi) is 6.81. The van der Waals surface area contributed by atoms with Crippen LogP contribution in [-0.4, -0.2) is 55.0 Å². The number of amides is 2. The second kappa shape index (κ2) is 9.01. The molecule has 1 N–H and O–H groups in total. The number of hydrogen-bond acceptors (Lipinski definition) is 4. The predicted octanol–water partition coefficient (Wildman–Crippen LogP) is 2.42. The number of nitrogens with zero attached hydrogens (tertiary/aromatic N) is 2. The van der Waals surface area contributed by atoms with E-state index in [2.05, 4.69) is 5.32 Å². The fraction of sp³-hybridized carbons (Fsp3) is 0.619. The summed E-state index contributed by atoms with van der Waals surface area (Å²) in [6, 6.07) is 5.33. The highest BCUT2D eigenvalue weighted by Gasteiger charge is 2.51. The molecule has 0 spiro atoms. The first kappa shape index (κ1) is 22.7. The number of carbonyl (C=O) groups excluding carboxylic acids is 2. The standard InChI is InChI=1S/C21H30FN3O4S/c1-3-30(28,29)24-14-19(26)25(18-12-10-16(22)11-13-18)21(2,15-24)20(27)23-17-8-6-4-5-7-9-17/h10-13,17H,3-9,14-15H2,1-2H3,(H,23,27). The van der Waals surface area contributed by atoms with Gasteiger partial charge in [-0.2, -0.15) is 4.31 Å². The maximum absolute atomic E-state index is 13.5. The van der Waals surface area contributed by atoms with E-state index in [1.54, 1.807) is 6.92 Å². The fourth-order valence-electron chi connectivity index (χ4n) is 4.30. The Balaban J connectivity index is 1.96. The Labute approximate surface area is 177 Å². The molecule has 2 fully saturated rings. The third-order valence-electron chi connectivity index (χ3n) is 6.06. The van der Waals surface area contributed by atoms with Crippen molar-refractivity contribution in [1.82, 2.24) is 9.62 Å². The Morgan fingerprint density at radius 3 is 2.33 bits per heavy atom. The number of piperazine rings is 1. The van der Waals surface area contributed by atoms with E-state index in [0.29, 0.717) is 5.69 Å². The lowest BCUT2D eigenvalue weighted by Crippen LogP contribution is -2.70. The number of carbonyl (C=O) groups is 2. The van der Waals surface area contributed by atoms with E-state index in [-0.39, 0.29) is 30.8 Å². The monoisotopic (exact) mass is 439 g/mol. The van der Waals surface area contributed by atoms with Crippen molar-refractivity contribution in [1.29, 1.82) is 0 Å². The van der Waals surface area contributed by atoms with Gasteiger partial charge in [0.25, 0.3) is 0 Å². The molecule has 2 aliphatic rings. The molecule has 1 saturated carbocycles. The Hall–Kier alpha value is -2.00. The first-order chi connectivity index (χ1) is 14.2. The van der Waals surface area contributed by atoms with Crippen LogP contribution in [-0.2, 0) is 19.6 Å². The van der Waals surface area contributed by atoms with Crippen LogP contribution in [0.4, 0.5) is 10.1 Å². The molecule has 1 atom stereocenters. The van der Waals surface area contributed by atoms with E-state index < -0.39 is 27.3 Å². The van der Waals surface area contributed by atoms with Crippen LogP contribution in [0.25, 0.3) is 0 Å². The van der Waals surface area contributed by atoms with Crippen LogP contribution < -0.4 is 10.2 Å². The van der Waals surface area contributed by atoms with Crippen molar-refractivity contribution >= 4 is 27.5 Å². The van der Waals surface area contributed by atoms with Crippen LogP contribution >= 0.6 is 0 Å². The lowest BCUT2D eigenvalue weighted by Gasteiger charge is -2.47. The first-order valence-corrected chi connectivity index (χ1v) is 12.2. The highest BCUT2D eigenvalue weighted by atomic mass is 32.2. The molecule has 1 saturated heterocycles. The van der Waals surface area contributed by atoms with Crippen molar-refractivity contribution in [3.63, 3.8) is 0 Å². The third kappa shape index (κ3) is 4.67. The van der Waals surface area contributed by atoms with E-state index >= 15 is 0 Å². The van der Waals surface area contributed by atoms with E-state index in [0.717, 1.165) is 42.8 Å². The smallest absolute Gasteiger partial charge is 0.247 e. The van der Waals surface area contributed by atoms with Crippen LogP contribution in [0, 0.1) is 5.82 Å². The number of anilines is 1. The molecular weight excluding hydrogens is 409 g/mol. The van der Waals surface area contributed by atoms with Crippen LogP contribution in [0.5, 0.6) is 0 Å². The van der Waals surface area contributed by atoms with Crippen molar-refractivity contribution in [3.05, 3.63) is 30.1 Å². The number of hydrogen-bond donors (Lipinski definition) is 1. The van der Waals surface area contributed by atoms with E-state index in [1.165, 1.54) is 36.1 Å². The van der Waals surface area contributed by atoms with Gasteiger partial charge in [-0.3, -0.25) is 14.5 Å². The SMILES string of the molecule is CCS(=O)(=O)N1CC(=O)N(c2ccc(F)cc2)C(C)(C(=O)NC2CCCCCC2)C1. The van der Waals surface area contributed by atoms with Crippen LogP contribution in [0.3, 0.4) is 0 Å². The minimum absolute atomic E-state index is 0.000142. The number of halogens is 1. The van der Waals surface area contributed by atoms with Crippen molar-refractivity contribution in [2.45, 2.75) is 64.0 Å². The summed E-state index contributed by atoms with van der Waals surface area (Å²) in [5.41, 5.74) is -1.07. The molecule has 0 radical (unpaired) electrons. The molecular formula is C21H30FN3O4S. The number of rotatable bonds is 5. The molecule has 2 amide bonds. The summed E-state index contributed by atoms with van der Waals surface area (Å²) in [5.74, 6) is -1.51. The molecule has 1 unspecified atom stereocenters. The summed E-state index contributed by atoms with van der Waals surface area (Å²) >= 11 is 0. The van der Waals surface area contributed by atoms with Gasteiger partial charge in [0, 0.05) is 18.3 Å². The van der Waals surface area contributed by atoms with Crippen LogP contribution in [0.15, 0.2) is 24.3 Å². The summed E-state index contributed by atoms with van der Waals surface area (Å²) < 4.78 is 39.5. The summed E-state index contributed by atoms with van der Waals surface area (Å²) in [5, 5.41) is 3.06. The predicted molar refractivity (Wildman–Crippen MR) is 113 cm³/mol. The van der Waals surface area contributed by atoms with Crippen molar-refractivity contribution < 1.29 is 22.4 Å². The van der Waals surface area contributed by atoms with Gasteiger partial charge in [-0.1, -0.05) is 25.7 Å². The summed E-state index contributed by atoms with van der Waals surface area (Å²) in [7, 11) is -3.66. The van der Waals surface area contributed by atoms with E-state index in [4.69, 9.17) is 0 Å². The van der Waals surface area contributed by atoms with E-state index in [1.807, 2.05) is 0 Å². The average molecular weight is 440 g/mol. The zero-order valence-corrected chi connectivity index (χ0v) is 18.4. The molecule has 1 aromatic carbocycles. The molecule has 9 heteroatoms. The Morgan fingerprint density at radius 1 is 1.17 bits per heavy atom. The zero-order chi connectivity index (χ0) is 21.9. The maximum atomic E-state index is 13.5. The molecule has 30 heavy (non-hydrogen) atoms. The van der Waals surface area contributed by atoms with Crippen LogP contribution in [0.2, 0.25) is 0 Å². The van der Waals surface area contributed by atoms with Gasteiger partial charge in [0.2, 0.25) is 21.8 Å². The van der Waals surface area contributed by atoms with Crippen molar-refractivity contribution in [2.75, 3.05) is 23.7 Å². The Bertz CT molecular complexity index is 882. The van der Waals surface area contributed by atoms with Gasteiger partial charge >= 0.3 is 0 Å². The minimum Gasteiger partial charge on any atom is -0.351 e. The second-order valence-corrected chi connectivity index (χ2v) is 10.6. The largest absolute Gasteiger partial charge is 0.351 e. The van der Waals surface area contributed by atoms with Crippen molar-refractivity contribution in [2.24, 2.45) is 0 Å². The molecule has 166 valence electrons. The number of sulfonamides is 1. The molecule has 0 bridgehead atoms. The zero-order valence-electron chi connectivity index (χ0n) is 17.6. The highest BCUT2D eigenvalue weighted by molar-refractivity contribution is 7.89. The fourth-order valence-corrected chi connectivity index (χ4v) is 5.42. The molecule has 1 aliphatic carbocycles. The maximum Gasteiger partial charge on any atom is 0.247 e.